The van der Waals surface area contributed by atoms with Gasteiger partial charge >= 0.3 is 6.18 Å². The van der Waals surface area contributed by atoms with Crippen molar-refractivity contribution in [2.75, 3.05) is 36.0 Å². The number of pyridine rings is 1. The maximum Gasteiger partial charge on any atom is 0.433 e. The topological polar surface area (TPSA) is 45.2 Å². The Bertz CT molecular complexity index is 624. The van der Waals surface area contributed by atoms with Crippen molar-refractivity contribution >= 4 is 11.5 Å². The number of anilines is 2. The van der Waals surface area contributed by atoms with Crippen LogP contribution in [-0.2, 0) is 6.18 Å². The van der Waals surface area contributed by atoms with Crippen LogP contribution in [0.2, 0.25) is 0 Å². The standard InChI is InChI=1S/C14H14F3N5/c15-14(16,17)12-9-11(1-2-19-12)21-5-7-22(8-6-21)13-10-18-3-4-20-13/h1-4,9-10H,5-8H2. The van der Waals surface area contributed by atoms with Crippen LogP contribution in [0.25, 0.3) is 0 Å². The summed E-state index contributed by atoms with van der Waals surface area (Å²) in [7, 11) is 0. The zero-order valence-electron chi connectivity index (χ0n) is 11.7. The van der Waals surface area contributed by atoms with E-state index in [1.807, 2.05) is 4.90 Å². The highest BCUT2D eigenvalue weighted by atomic mass is 19.4. The number of piperazine rings is 1. The molecule has 0 atom stereocenters. The molecule has 0 spiro atoms. The maximum atomic E-state index is 12.7. The molecule has 0 bridgehead atoms. The molecule has 0 aromatic carbocycles. The largest absolute Gasteiger partial charge is 0.433 e. The second-order valence-electron chi connectivity index (χ2n) is 4.93. The Kier molecular flexibility index (Phi) is 3.82. The van der Waals surface area contributed by atoms with Crippen LogP contribution in [-0.4, -0.2) is 41.1 Å². The van der Waals surface area contributed by atoms with Crippen molar-refractivity contribution in [1.29, 1.82) is 0 Å². The number of aromatic nitrogens is 3. The molecule has 8 heteroatoms. The smallest absolute Gasteiger partial charge is 0.368 e. The van der Waals surface area contributed by atoms with Gasteiger partial charge in [0.05, 0.1) is 6.20 Å². The molecule has 1 saturated heterocycles. The number of halogens is 3. The van der Waals surface area contributed by atoms with Gasteiger partial charge in [-0.1, -0.05) is 0 Å². The Hall–Kier alpha value is -2.38. The highest BCUT2D eigenvalue weighted by Gasteiger charge is 2.33. The first-order valence-electron chi connectivity index (χ1n) is 6.83. The molecule has 2 aromatic heterocycles. The molecule has 2 aromatic rings. The molecule has 0 saturated carbocycles. The lowest BCUT2D eigenvalue weighted by Crippen LogP contribution is -2.46. The fourth-order valence-electron chi connectivity index (χ4n) is 2.42. The van der Waals surface area contributed by atoms with Crippen LogP contribution >= 0.6 is 0 Å². The van der Waals surface area contributed by atoms with E-state index >= 15 is 0 Å². The van der Waals surface area contributed by atoms with E-state index in [9.17, 15) is 13.2 Å². The minimum absolute atomic E-state index is 0.543. The molecule has 0 N–H and O–H groups in total. The third-order valence-corrected chi connectivity index (χ3v) is 3.55. The third-order valence-electron chi connectivity index (χ3n) is 3.55. The van der Waals surface area contributed by atoms with Gasteiger partial charge < -0.3 is 9.80 Å². The molecule has 3 rings (SSSR count). The predicted molar refractivity (Wildman–Crippen MR) is 75.7 cm³/mol. The molecule has 0 unspecified atom stereocenters. The number of alkyl halides is 3. The lowest BCUT2D eigenvalue weighted by molar-refractivity contribution is -0.141. The fourth-order valence-corrected chi connectivity index (χ4v) is 2.42. The summed E-state index contributed by atoms with van der Waals surface area (Å²) in [5, 5.41) is 0. The minimum atomic E-state index is -4.42. The molecular formula is C14H14F3N5. The van der Waals surface area contributed by atoms with Gasteiger partial charge in [0.1, 0.15) is 11.5 Å². The summed E-state index contributed by atoms with van der Waals surface area (Å²) in [4.78, 5) is 15.6. The van der Waals surface area contributed by atoms with Crippen LogP contribution in [0, 0.1) is 0 Å². The van der Waals surface area contributed by atoms with E-state index in [2.05, 4.69) is 19.9 Å². The van der Waals surface area contributed by atoms with Crippen molar-refractivity contribution in [2.24, 2.45) is 0 Å². The van der Waals surface area contributed by atoms with Crippen molar-refractivity contribution in [2.45, 2.75) is 6.18 Å². The first-order chi connectivity index (χ1) is 10.5. The van der Waals surface area contributed by atoms with Crippen molar-refractivity contribution in [1.82, 2.24) is 15.0 Å². The monoisotopic (exact) mass is 309 g/mol. The lowest BCUT2D eigenvalue weighted by atomic mass is 10.2. The van der Waals surface area contributed by atoms with Crippen LogP contribution in [0.15, 0.2) is 36.9 Å². The Morgan fingerprint density at radius 1 is 0.909 bits per heavy atom. The SMILES string of the molecule is FC(F)(F)c1cc(N2CCN(c3cnccn3)CC2)ccn1. The quantitative estimate of drug-likeness (QED) is 0.851. The summed E-state index contributed by atoms with van der Waals surface area (Å²) in [5.41, 5.74) is -0.317. The van der Waals surface area contributed by atoms with Gasteiger partial charge in [-0.2, -0.15) is 13.2 Å². The number of hydrogen-bond donors (Lipinski definition) is 0. The zero-order valence-corrected chi connectivity index (χ0v) is 11.7. The van der Waals surface area contributed by atoms with E-state index < -0.39 is 11.9 Å². The number of hydrogen-bond acceptors (Lipinski definition) is 5. The number of rotatable bonds is 2. The second kappa shape index (κ2) is 5.78. The summed E-state index contributed by atoms with van der Waals surface area (Å²) in [6, 6.07) is 2.70. The van der Waals surface area contributed by atoms with Gasteiger partial charge in [0.2, 0.25) is 0 Å². The Morgan fingerprint density at radius 3 is 2.27 bits per heavy atom. The summed E-state index contributed by atoms with van der Waals surface area (Å²) in [6.07, 6.45) is 1.70. The average Bonchev–Trinajstić information content (AvgIpc) is 2.55. The summed E-state index contributed by atoms with van der Waals surface area (Å²) in [6.45, 7) is 2.61. The molecule has 0 radical (unpaired) electrons. The summed E-state index contributed by atoms with van der Waals surface area (Å²) in [5.74, 6) is 0.785. The van der Waals surface area contributed by atoms with Gasteiger partial charge in [-0.15, -0.1) is 0 Å². The molecule has 1 aliphatic rings. The van der Waals surface area contributed by atoms with E-state index in [0.29, 0.717) is 31.9 Å². The van der Waals surface area contributed by atoms with E-state index in [1.165, 1.54) is 6.20 Å². The molecule has 5 nitrogen and oxygen atoms in total. The van der Waals surface area contributed by atoms with Crippen LogP contribution in [0.1, 0.15) is 5.69 Å². The molecular weight excluding hydrogens is 295 g/mol. The van der Waals surface area contributed by atoms with Crippen LogP contribution in [0.4, 0.5) is 24.7 Å². The third kappa shape index (κ3) is 3.10. The highest BCUT2D eigenvalue weighted by molar-refractivity contribution is 5.49. The fraction of sp³-hybridized carbons (Fsp3) is 0.357. The molecule has 1 fully saturated rings. The highest BCUT2D eigenvalue weighted by Crippen LogP contribution is 2.30. The van der Waals surface area contributed by atoms with Crippen molar-refractivity contribution in [3.8, 4) is 0 Å². The van der Waals surface area contributed by atoms with Crippen LogP contribution < -0.4 is 9.80 Å². The van der Waals surface area contributed by atoms with Gasteiger partial charge in [0.25, 0.3) is 0 Å². The molecule has 1 aliphatic heterocycles. The molecule has 3 heterocycles. The molecule has 116 valence electrons. The van der Waals surface area contributed by atoms with E-state index in [0.717, 1.165) is 11.9 Å². The van der Waals surface area contributed by atoms with Crippen LogP contribution in [0.3, 0.4) is 0 Å². The number of nitrogens with zero attached hydrogens (tertiary/aromatic N) is 5. The Morgan fingerprint density at radius 2 is 1.64 bits per heavy atom. The first kappa shape index (κ1) is 14.6. The zero-order chi connectivity index (χ0) is 15.6. The van der Waals surface area contributed by atoms with Crippen molar-refractivity contribution in [3.05, 3.63) is 42.6 Å². The normalized spacial score (nSPS) is 16.0. The van der Waals surface area contributed by atoms with Gasteiger partial charge in [-0.05, 0) is 12.1 Å². The first-order valence-corrected chi connectivity index (χ1v) is 6.83. The molecule has 0 amide bonds. The van der Waals surface area contributed by atoms with E-state index in [1.54, 1.807) is 24.7 Å². The Balaban J connectivity index is 1.69. The Labute approximate surface area is 125 Å². The molecule has 22 heavy (non-hydrogen) atoms. The van der Waals surface area contributed by atoms with Gasteiger partial charge in [-0.3, -0.25) is 9.97 Å². The predicted octanol–water partition coefficient (Wildman–Crippen LogP) is 2.22. The van der Waals surface area contributed by atoms with Gasteiger partial charge in [0, 0.05) is 50.5 Å². The van der Waals surface area contributed by atoms with Crippen molar-refractivity contribution in [3.63, 3.8) is 0 Å². The van der Waals surface area contributed by atoms with Crippen LogP contribution in [0.5, 0.6) is 0 Å². The maximum absolute atomic E-state index is 12.7. The van der Waals surface area contributed by atoms with Gasteiger partial charge in [0.15, 0.2) is 0 Å². The summed E-state index contributed by atoms with van der Waals surface area (Å²) >= 11 is 0. The van der Waals surface area contributed by atoms with E-state index in [4.69, 9.17) is 0 Å². The van der Waals surface area contributed by atoms with Crippen molar-refractivity contribution < 1.29 is 13.2 Å². The average molecular weight is 309 g/mol. The van der Waals surface area contributed by atoms with E-state index in [-0.39, 0.29) is 0 Å². The molecule has 0 aliphatic carbocycles. The minimum Gasteiger partial charge on any atom is -0.368 e. The second-order valence-corrected chi connectivity index (χ2v) is 4.93. The van der Waals surface area contributed by atoms with Gasteiger partial charge in [-0.25, -0.2) is 4.98 Å². The lowest BCUT2D eigenvalue weighted by Gasteiger charge is -2.36. The summed E-state index contributed by atoms with van der Waals surface area (Å²) < 4.78 is 38.1.